The van der Waals surface area contributed by atoms with Crippen molar-refractivity contribution < 1.29 is 0 Å². The van der Waals surface area contributed by atoms with Crippen LogP contribution in [0.1, 0.15) is 16.7 Å². The molecule has 1 nitrogen and oxygen atoms in total. The number of hydrogen-bond acceptors (Lipinski definition) is 1. The van der Waals surface area contributed by atoms with Gasteiger partial charge in [0.05, 0.1) is 11.2 Å². The van der Waals surface area contributed by atoms with E-state index in [1.807, 2.05) is 0 Å². The standard InChI is InChI=1S/C18H16BrN/c1-12-5-3-7-14(9-12)18-16(11-19)10-15-8-4-6-13(2)17(15)20-18/h3-10H,11H2,1-2H3. The minimum absolute atomic E-state index is 0.813. The molecular weight excluding hydrogens is 310 g/mol. The number of para-hydroxylation sites is 1. The van der Waals surface area contributed by atoms with Gasteiger partial charge in [-0.05, 0) is 37.1 Å². The number of benzene rings is 2. The molecule has 0 saturated carbocycles. The van der Waals surface area contributed by atoms with Crippen LogP contribution in [0, 0.1) is 13.8 Å². The van der Waals surface area contributed by atoms with Crippen molar-refractivity contribution in [2.75, 3.05) is 0 Å². The largest absolute Gasteiger partial charge is 0.247 e. The van der Waals surface area contributed by atoms with E-state index in [1.54, 1.807) is 0 Å². The summed E-state index contributed by atoms with van der Waals surface area (Å²) in [6.45, 7) is 4.23. The van der Waals surface area contributed by atoms with E-state index in [2.05, 4.69) is 78.3 Å². The van der Waals surface area contributed by atoms with Gasteiger partial charge >= 0.3 is 0 Å². The molecule has 0 bridgehead atoms. The predicted molar refractivity (Wildman–Crippen MR) is 89.3 cm³/mol. The van der Waals surface area contributed by atoms with Crippen LogP contribution in [-0.2, 0) is 5.33 Å². The lowest BCUT2D eigenvalue weighted by molar-refractivity contribution is 1.29. The summed E-state index contributed by atoms with van der Waals surface area (Å²) < 4.78 is 0. The van der Waals surface area contributed by atoms with Crippen molar-refractivity contribution in [1.82, 2.24) is 4.98 Å². The Balaban J connectivity index is 2.31. The van der Waals surface area contributed by atoms with Crippen molar-refractivity contribution in [2.45, 2.75) is 19.2 Å². The summed E-state index contributed by atoms with van der Waals surface area (Å²) in [7, 11) is 0. The lowest BCUT2D eigenvalue weighted by atomic mass is 10.0. The summed E-state index contributed by atoms with van der Waals surface area (Å²) in [5.41, 5.74) is 7.06. The van der Waals surface area contributed by atoms with E-state index in [-0.39, 0.29) is 0 Å². The zero-order valence-corrected chi connectivity index (χ0v) is 13.2. The molecule has 0 aliphatic rings. The second-order valence-corrected chi connectivity index (χ2v) is 5.71. The Bertz CT molecular complexity index is 777. The van der Waals surface area contributed by atoms with Gasteiger partial charge in [-0.2, -0.15) is 0 Å². The highest BCUT2D eigenvalue weighted by atomic mass is 79.9. The molecule has 0 radical (unpaired) electrons. The first-order valence-corrected chi connectivity index (χ1v) is 7.83. The van der Waals surface area contributed by atoms with Crippen LogP contribution in [0.4, 0.5) is 0 Å². The van der Waals surface area contributed by atoms with Gasteiger partial charge in [0.2, 0.25) is 0 Å². The monoisotopic (exact) mass is 325 g/mol. The number of rotatable bonds is 2. The molecule has 0 fully saturated rings. The van der Waals surface area contributed by atoms with Gasteiger partial charge in [0.15, 0.2) is 0 Å². The lowest BCUT2D eigenvalue weighted by Crippen LogP contribution is -1.94. The number of hydrogen-bond donors (Lipinski definition) is 0. The van der Waals surface area contributed by atoms with Crippen molar-refractivity contribution >= 4 is 26.8 Å². The summed E-state index contributed by atoms with van der Waals surface area (Å²) in [6.07, 6.45) is 0. The third kappa shape index (κ3) is 2.36. The molecule has 1 heterocycles. The Morgan fingerprint density at radius 1 is 1.00 bits per heavy atom. The Hall–Kier alpha value is -1.67. The molecular formula is C18H16BrN. The zero-order valence-electron chi connectivity index (χ0n) is 11.7. The first-order chi connectivity index (χ1) is 9.69. The maximum atomic E-state index is 4.93. The second-order valence-electron chi connectivity index (χ2n) is 5.15. The molecule has 2 heteroatoms. The van der Waals surface area contributed by atoms with Crippen LogP contribution in [0.15, 0.2) is 48.5 Å². The van der Waals surface area contributed by atoms with Gasteiger partial charge in [0.1, 0.15) is 0 Å². The molecule has 0 amide bonds. The third-order valence-corrected chi connectivity index (χ3v) is 4.17. The van der Waals surface area contributed by atoms with Crippen molar-refractivity contribution in [3.63, 3.8) is 0 Å². The van der Waals surface area contributed by atoms with E-state index in [1.165, 1.54) is 27.6 Å². The number of fused-ring (bicyclic) bond motifs is 1. The quantitative estimate of drug-likeness (QED) is 0.574. The van der Waals surface area contributed by atoms with Crippen LogP contribution in [0.3, 0.4) is 0 Å². The van der Waals surface area contributed by atoms with Gasteiger partial charge in [0, 0.05) is 16.3 Å². The second kappa shape index (κ2) is 5.37. The average molecular weight is 326 g/mol. The fraction of sp³-hybridized carbons (Fsp3) is 0.167. The van der Waals surface area contributed by atoms with Crippen molar-refractivity contribution in [3.05, 3.63) is 65.2 Å². The van der Waals surface area contributed by atoms with Crippen LogP contribution in [0.25, 0.3) is 22.2 Å². The van der Waals surface area contributed by atoms with E-state index in [9.17, 15) is 0 Å². The van der Waals surface area contributed by atoms with Crippen LogP contribution in [0.2, 0.25) is 0 Å². The highest BCUT2D eigenvalue weighted by Gasteiger charge is 2.09. The molecule has 0 atom stereocenters. The Morgan fingerprint density at radius 2 is 1.80 bits per heavy atom. The Morgan fingerprint density at radius 3 is 2.55 bits per heavy atom. The van der Waals surface area contributed by atoms with Gasteiger partial charge in [0.25, 0.3) is 0 Å². The van der Waals surface area contributed by atoms with E-state index in [4.69, 9.17) is 4.98 Å². The molecule has 0 N–H and O–H groups in total. The fourth-order valence-corrected chi connectivity index (χ4v) is 2.96. The summed E-state index contributed by atoms with van der Waals surface area (Å²) in [6, 6.07) is 17.1. The van der Waals surface area contributed by atoms with E-state index in [0.717, 1.165) is 16.5 Å². The SMILES string of the molecule is Cc1cccc(-c2nc3c(C)cccc3cc2CBr)c1. The molecule has 0 saturated heterocycles. The molecule has 0 spiro atoms. The van der Waals surface area contributed by atoms with Gasteiger partial charge in [-0.1, -0.05) is 57.9 Å². The molecule has 2 aromatic carbocycles. The number of halogens is 1. The Labute approximate surface area is 127 Å². The molecule has 0 aliphatic carbocycles. The smallest absolute Gasteiger partial charge is 0.0750 e. The zero-order chi connectivity index (χ0) is 14.1. The lowest BCUT2D eigenvalue weighted by Gasteiger charge is -2.11. The average Bonchev–Trinajstić information content (AvgIpc) is 2.46. The van der Waals surface area contributed by atoms with Crippen molar-refractivity contribution in [3.8, 4) is 11.3 Å². The number of pyridine rings is 1. The highest BCUT2D eigenvalue weighted by molar-refractivity contribution is 9.08. The van der Waals surface area contributed by atoms with Crippen LogP contribution in [-0.4, -0.2) is 4.98 Å². The summed E-state index contributed by atoms with van der Waals surface area (Å²) >= 11 is 3.59. The molecule has 1 aromatic heterocycles. The van der Waals surface area contributed by atoms with Crippen LogP contribution in [0.5, 0.6) is 0 Å². The summed E-state index contributed by atoms with van der Waals surface area (Å²) in [4.78, 5) is 4.93. The van der Waals surface area contributed by atoms with Crippen LogP contribution >= 0.6 is 15.9 Å². The van der Waals surface area contributed by atoms with Gasteiger partial charge in [-0.15, -0.1) is 0 Å². The first-order valence-electron chi connectivity index (χ1n) is 6.71. The number of aryl methyl sites for hydroxylation is 2. The van der Waals surface area contributed by atoms with E-state index < -0.39 is 0 Å². The number of nitrogens with zero attached hydrogens (tertiary/aromatic N) is 1. The molecule has 0 unspecified atom stereocenters. The molecule has 3 aromatic rings. The maximum Gasteiger partial charge on any atom is 0.0750 e. The van der Waals surface area contributed by atoms with Gasteiger partial charge in [-0.25, -0.2) is 4.98 Å². The fourth-order valence-electron chi connectivity index (χ4n) is 2.53. The number of aromatic nitrogens is 1. The number of alkyl halides is 1. The van der Waals surface area contributed by atoms with Crippen LogP contribution < -0.4 is 0 Å². The molecule has 20 heavy (non-hydrogen) atoms. The van der Waals surface area contributed by atoms with Crippen molar-refractivity contribution in [2.24, 2.45) is 0 Å². The van der Waals surface area contributed by atoms with Gasteiger partial charge in [-0.3, -0.25) is 0 Å². The first kappa shape index (κ1) is 13.3. The Kier molecular flexibility index (Phi) is 3.58. The summed E-state index contributed by atoms with van der Waals surface area (Å²) in [5.74, 6) is 0. The normalized spacial score (nSPS) is 10.9. The maximum absolute atomic E-state index is 4.93. The van der Waals surface area contributed by atoms with E-state index in [0.29, 0.717) is 0 Å². The minimum atomic E-state index is 0.813. The van der Waals surface area contributed by atoms with Crippen molar-refractivity contribution in [1.29, 1.82) is 0 Å². The van der Waals surface area contributed by atoms with Gasteiger partial charge < -0.3 is 0 Å². The topological polar surface area (TPSA) is 12.9 Å². The molecule has 100 valence electrons. The predicted octanol–water partition coefficient (Wildman–Crippen LogP) is 5.41. The minimum Gasteiger partial charge on any atom is -0.247 e. The third-order valence-electron chi connectivity index (χ3n) is 3.56. The highest BCUT2D eigenvalue weighted by Crippen LogP contribution is 2.29. The molecule has 0 aliphatic heterocycles. The van der Waals surface area contributed by atoms with E-state index >= 15 is 0 Å². The summed E-state index contributed by atoms with van der Waals surface area (Å²) in [5, 5.41) is 2.02. The molecule has 3 rings (SSSR count).